The highest BCUT2D eigenvalue weighted by atomic mass is 32.1. The molecule has 0 aromatic carbocycles. The van der Waals surface area contributed by atoms with E-state index in [0.29, 0.717) is 0 Å². The third-order valence-corrected chi connectivity index (χ3v) is 2.39. The first-order valence-corrected chi connectivity index (χ1v) is 5.70. The molecule has 1 amide bonds. The normalized spacial score (nSPS) is 10.9. The monoisotopic (exact) mass is 273 g/mol. The molecule has 1 rings (SSSR count). The first-order valence-electron chi connectivity index (χ1n) is 4.82. The third kappa shape index (κ3) is 3.70. The van der Waals surface area contributed by atoms with E-state index in [0.717, 1.165) is 11.3 Å². The van der Waals surface area contributed by atoms with Gasteiger partial charge in [-0.15, -0.1) is 11.3 Å². The minimum absolute atomic E-state index is 0.104. The Hall–Kier alpha value is -2.16. The number of ether oxygens (including phenoxy) is 1. The van der Waals surface area contributed by atoms with Gasteiger partial charge in [-0.3, -0.25) is 5.32 Å². The number of aromatic nitrogens is 1. The second-order valence-corrected chi connectivity index (χ2v) is 3.68. The number of amides is 1. The molecule has 1 heterocycles. The van der Waals surface area contributed by atoms with Crippen molar-refractivity contribution in [2.75, 3.05) is 19.0 Å². The molecule has 0 spiro atoms. The summed E-state index contributed by atoms with van der Waals surface area (Å²) in [6, 6.07) is 0. The summed E-state index contributed by atoms with van der Waals surface area (Å²) in [7, 11) is 1.21. The fourth-order valence-electron chi connectivity index (χ4n) is 0.903. The van der Waals surface area contributed by atoms with Crippen LogP contribution in [-0.4, -0.2) is 41.6 Å². The van der Waals surface area contributed by atoms with Crippen LogP contribution in [0, 0.1) is 0 Å². The van der Waals surface area contributed by atoms with Crippen molar-refractivity contribution in [1.29, 1.82) is 0 Å². The fourth-order valence-corrected chi connectivity index (χ4v) is 1.58. The molecule has 0 aliphatic carbocycles. The van der Waals surface area contributed by atoms with Gasteiger partial charge in [-0.2, -0.15) is 0 Å². The number of carbonyl (C=O) groups excluding carboxylic acids is 1. The number of carbonyl (C=O) groups is 2. The van der Waals surface area contributed by atoms with Gasteiger partial charge in [0, 0.05) is 5.38 Å². The number of nitrogens with zero attached hydrogens (tertiary/aromatic N) is 2. The van der Waals surface area contributed by atoms with Gasteiger partial charge in [-0.1, -0.05) is 5.16 Å². The van der Waals surface area contributed by atoms with Gasteiger partial charge >= 0.3 is 12.1 Å². The molecule has 0 saturated carbocycles. The van der Waals surface area contributed by atoms with E-state index < -0.39 is 12.1 Å². The smallest absolute Gasteiger partial charge is 0.413 e. The summed E-state index contributed by atoms with van der Waals surface area (Å²) >= 11 is 1.05. The highest BCUT2D eigenvalue weighted by Crippen LogP contribution is 2.16. The Morgan fingerprint density at radius 3 is 2.89 bits per heavy atom. The lowest BCUT2D eigenvalue weighted by atomic mass is 10.3. The number of methoxy groups -OCH3 is 1. The van der Waals surface area contributed by atoms with Crippen LogP contribution >= 0.6 is 11.3 Å². The van der Waals surface area contributed by atoms with E-state index >= 15 is 0 Å². The van der Waals surface area contributed by atoms with E-state index in [4.69, 9.17) is 5.11 Å². The second-order valence-electron chi connectivity index (χ2n) is 2.82. The Bertz CT molecular complexity index is 471. The van der Waals surface area contributed by atoms with Crippen molar-refractivity contribution in [2.24, 2.45) is 5.16 Å². The summed E-state index contributed by atoms with van der Waals surface area (Å²) in [5.41, 5.74) is -0.224. The number of thiazole rings is 1. The average molecular weight is 273 g/mol. The van der Waals surface area contributed by atoms with Crippen LogP contribution in [0.4, 0.5) is 9.93 Å². The highest BCUT2D eigenvalue weighted by Gasteiger charge is 2.18. The van der Waals surface area contributed by atoms with Crippen molar-refractivity contribution >= 4 is 34.2 Å². The minimum atomic E-state index is -1.27. The first-order chi connectivity index (χ1) is 8.58. The van der Waals surface area contributed by atoms with Gasteiger partial charge in [0.05, 0.1) is 7.11 Å². The van der Waals surface area contributed by atoms with Crippen LogP contribution in [0.1, 0.15) is 12.6 Å². The Morgan fingerprint density at radius 1 is 1.61 bits per heavy atom. The molecule has 8 nitrogen and oxygen atoms in total. The largest absolute Gasteiger partial charge is 0.476 e. The van der Waals surface area contributed by atoms with E-state index in [1.54, 1.807) is 6.92 Å². The Morgan fingerprint density at radius 2 is 2.33 bits per heavy atom. The molecule has 0 atom stereocenters. The molecule has 1 aromatic heterocycles. The molecule has 98 valence electrons. The number of anilines is 1. The van der Waals surface area contributed by atoms with E-state index in [-0.39, 0.29) is 23.1 Å². The van der Waals surface area contributed by atoms with Gasteiger partial charge in [0.1, 0.15) is 12.3 Å². The fraction of sp³-hybridized carbons (Fsp3) is 0.333. The number of oxime groups is 1. The quantitative estimate of drug-likeness (QED) is 0.615. The van der Waals surface area contributed by atoms with Crippen LogP contribution in [0.25, 0.3) is 0 Å². The Balaban J connectivity index is 2.88. The first kappa shape index (κ1) is 13.9. The van der Waals surface area contributed by atoms with Crippen molar-refractivity contribution in [3.63, 3.8) is 0 Å². The van der Waals surface area contributed by atoms with E-state index in [9.17, 15) is 9.59 Å². The molecule has 9 heteroatoms. The van der Waals surface area contributed by atoms with Gasteiger partial charge < -0.3 is 14.7 Å². The number of aliphatic carboxylic acids is 1. The lowest BCUT2D eigenvalue weighted by Crippen LogP contribution is -2.16. The summed E-state index contributed by atoms with van der Waals surface area (Å²) in [5.74, 6) is -1.27. The molecule has 18 heavy (non-hydrogen) atoms. The number of rotatable bonds is 5. The van der Waals surface area contributed by atoms with E-state index in [1.807, 2.05) is 0 Å². The van der Waals surface area contributed by atoms with Crippen LogP contribution in [0.15, 0.2) is 10.5 Å². The van der Waals surface area contributed by atoms with Gasteiger partial charge in [-0.25, -0.2) is 14.6 Å². The van der Waals surface area contributed by atoms with Gasteiger partial charge in [0.25, 0.3) is 0 Å². The van der Waals surface area contributed by atoms with Gasteiger partial charge in [-0.05, 0) is 6.92 Å². The maximum absolute atomic E-state index is 10.9. The molecule has 0 saturated heterocycles. The molecule has 0 aliphatic rings. The summed E-state index contributed by atoms with van der Waals surface area (Å²) in [6.07, 6.45) is -0.686. The highest BCUT2D eigenvalue weighted by molar-refractivity contribution is 7.14. The zero-order valence-electron chi connectivity index (χ0n) is 9.67. The third-order valence-electron chi connectivity index (χ3n) is 1.63. The Kier molecular flexibility index (Phi) is 5.06. The summed E-state index contributed by atoms with van der Waals surface area (Å²) in [4.78, 5) is 30.4. The summed E-state index contributed by atoms with van der Waals surface area (Å²) < 4.78 is 4.38. The molecule has 0 unspecified atom stereocenters. The molecule has 2 N–H and O–H groups in total. The van der Waals surface area contributed by atoms with Crippen LogP contribution in [0.5, 0.6) is 0 Å². The number of hydrogen-bond donors (Lipinski definition) is 2. The van der Waals surface area contributed by atoms with Crippen LogP contribution in [0.2, 0.25) is 0 Å². The van der Waals surface area contributed by atoms with E-state index in [1.165, 1.54) is 12.5 Å². The summed E-state index contributed by atoms with van der Waals surface area (Å²) in [5, 5.41) is 16.3. The predicted octanol–water partition coefficient (Wildman–Crippen LogP) is 1.15. The van der Waals surface area contributed by atoms with Crippen molar-refractivity contribution in [1.82, 2.24) is 4.98 Å². The van der Waals surface area contributed by atoms with Crippen molar-refractivity contribution < 1.29 is 24.3 Å². The van der Waals surface area contributed by atoms with E-state index in [2.05, 4.69) is 25.0 Å². The second kappa shape index (κ2) is 6.55. The van der Waals surface area contributed by atoms with Gasteiger partial charge in [0.2, 0.25) is 5.71 Å². The summed E-state index contributed by atoms with van der Waals surface area (Å²) in [6.45, 7) is 1.92. The maximum Gasteiger partial charge on any atom is 0.413 e. The van der Waals surface area contributed by atoms with Crippen molar-refractivity contribution in [3.05, 3.63) is 11.1 Å². The zero-order chi connectivity index (χ0) is 13.5. The van der Waals surface area contributed by atoms with Crippen LogP contribution in [0.3, 0.4) is 0 Å². The maximum atomic E-state index is 10.9. The SMILES string of the molecule is CCO/N=C(/C(=O)O)c1csc(NC(=O)OC)n1. The van der Waals surface area contributed by atoms with Crippen molar-refractivity contribution in [3.8, 4) is 0 Å². The molecular formula is C9H11N3O5S. The molecule has 0 bridgehead atoms. The number of carboxylic acids is 1. The van der Waals surface area contributed by atoms with Gasteiger partial charge in [0.15, 0.2) is 5.13 Å². The number of carboxylic acid groups (broad SMARTS) is 1. The lowest BCUT2D eigenvalue weighted by molar-refractivity contribution is -0.129. The van der Waals surface area contributed by atoms with Crippen LogP contribution in [-0.2, 0) is 14.4 Å². The Labute approximate surface area is 106 Å². The number of nitrogens with one attached hydrogen (secondary N) is 1. The number of hydrogen-bond acceptors (Lipinski definition) is 7. The lowest BCUT2D eigenvalue weighted by Gasteiger charge is -1.98. The molecule has 1 aromatic rings. The minimum Gasteiger partial charge on any atom is -0.476 e. The predicted molar refractivity (Wildman–Crippen MR) is 63.9 cm³/mol. The molecule has 0 aliphatic heterocycles. The van der Waals surface area contributed by atoms with Crippen LogP contribution < -0.4 is 5.32 Å². The standard InChI is InChI=1S/C9H11N3O5S/c1-3-17-12-6(7(13)14)5-4-18-8(10-5)11-9(15)16-2/h4H,3H2,1-2H3,(H,13,14)(H,10,11,15)/b12-6+. The average Bonchev–Trinajstić information content (AvgIpc) is 2.77. The molecular weight excluding hydrogens is 262 g/mol. The molecule has 0 fully saturated rings. The molecule has 0 radical (unpaired) electrons. The van der Waals surface area contributed by atoms with Crippen molar-refractivity contribution in [2.45, 2.75) is 6.92 Å². The topological polar surface area (TPSA) is 110 Å². The zero-order valence-corrected chi connectivity index (χ0v) is 10.5.